The van der Waals surface area contributed by atoms with Gasteiger partial charge in [-0.3, -0.25) is 4.79 Å². The molecular weight excluding hydrogens is 358 g/mol. The van der Waals surface area contributed by atoms with Crippen LogP contribution in [-0.4, -0.2) is 36.4 Å². The van der Waals surface area contributed by atoms with Gasteiger partial charge in [0.1, 0.15) is 17.0 Å². The summed E-state index contributed by atoms with van der Waals surface area (Å²) in [5.74, 6) is 1.62. The van der Waals surface area contributed by atoms with E-state index in [0.717, 1.165) is 12.0 Å². The normalized spacial score (nSPS) is 21.7. The third-order valence-corrected chi connectivity index (χ3v) is 5.15. The third-order valence-electron chi connectivity index (χ3n) is 5.15. The Balaban J connectivity index is 1.36. The zero-order chi connectivity index (χ0) is 19.8. The number of fused-ring (bicyclic) bond motifs is 2. The standard InChI is InChI=1S/C22H25NO5/c1-21(2)12-15-6-5-9-18(20(15)28-21)27-13-19(24)23-14-22(25)10-11-26-17-8-4-3-7-16(17)22/h3-9,25H,10-14H2,1-2H3,(H,23,24). The molecule has 0 saturated heterocycles. The largest absolute Gasteiger partial charge is 0.493 e. The Morgan fingerprint density at radius 1 is 1.21 bits per heavy atom. The summed E-state index contributed by atoms with van der Waals surface area (Å²) in [5.41, 5.74) is 0.352. The molecule has 6 nitrogen and oxygen atoms in total. The van der Waals surface area contributed by atoms with Crippen LogP contribution >= 0.6 is 0 Å². The summed E-state index contributed by atoms with van der Waals surface area (Å²) in [7, 11) is 0. The number of carbonyl (C=O) groups excluding carboxylic acids is 1. The first kappa shape index (κ1) is 18.6. The first-order chi connectivity index (χ1) is 13.4. The zero-order valence-corrected chi connectivity index (χ0v) is 16.2. The quantitative estimate of drug-likeness (QED) is 0.830. The lowest BCUT2D eigenvalue weighted by Gasteiger charge is -2.34. The van der Waals surface area contributed by atoms with Crippen LogP contribution in [0.5, 0.6) is 17.2 Å². The first-order valence-corrected chi connectivity index (χ1v) is 9.51. The smallest absolute Gasteiger partial charge is 0.258 e. The Morgan fingerprint density at radius 2 is 2.04 bits per heavy atom. The van der Waals surface area contributed by atoms with Gasteiger partial charge in [0.05, 0.1) is 13.2 Å². The average Bonchev–Trinajstić information content (AvgIpc) is 2.99. The van der Waals surface area contributed by atoms with Gasteiger partial charge in [-0.15, -0.1) is 0 Å². The molecule has 0 bridgehead atoms. The number of ether oxygens (including phenoxy) is 3. The molecule has 2 aliphatic rings. The number of rotatable bonds is 5. The van der Waals surface area contributed by atoms with Crippen molar-refractivity contribution in [3.63, 3.8) is 0 Å². The van der Waals surface area contributed by atoms with Crippen molar-refractivity contribution in [2.45, 2.75) is 37.9 Å². The van der Waals surface area contributed by atoms with Crippen LogP contribution in [0.15, 0.2) is 42.5 Å². The van der Waals surface area contributed by atoms with Crippen LogP contribution in [0.3, 0.4) is 0 Å². The molecular formula is C22H25NO5. The molecule has 0 spiro atoms. The van der Waals surface area contributed by atoms with Crippen LogP contribution < -0.4 is 19.5 Å². The van der Waals surface area contributed by atoms with Gasteiger partial charge in [0, 0.05) is 24.0 Å². The van der Waals surface area contributed by atoms with Crippen LogP contribution in [0, 0.1) is 0 Å². The van der Waals surface area contributed by atoms with E-state index < -0.39 is 5.60 Å². The van der Waals surface area contributed by atoms with Gasteiger partial charge in [0.15, 0.2) is 18.1 Å². The molecule has 0 saturated carbocycles. The first-order valence-electron chi connectivity index (χ1n) is 9.51. The van der Waals surface area contributed by atoms with Gasteiger partial charge in [-0.1, -0.05) is 30.3 Å². The molecule has 1 atom stereocenters. The number of carbonyl (C=O) groups is 1. The number of aliphatic hydroxyl groups is 1. The Labute approximate surface area is 164 Å². The van der Waals surface area contributed by atoms with Crippen LogP contribution in [0.2, 0.25) is 0 Å². The maximum absolute atomic E-state index is 12.3. The molecule has 2 aromatic rings. The summed E-state index contributed by atoms with van der Waals surface area (Å²) in [4.78, 5) is 12.3. The van der Waals surface area contributed by atoms with E-state index in [0.29, 0.717) is 35.8 Å². The van der Waals surface area contributed by atoms with Crippen LogP contribution in [0.1, 0.15) is 31.4 Å². The molecule has 2 N–H and O–H groups in total. The van der Waals surface area contributed by atoms with Gasteiger partial charge < -0.3 is 24.6 Å². The van der Waals surface area contributed by atoms with Crippen LogP contribution in [0.4, 0.5) is 0 Å². The van der Waals surface area contributed by atoms with Gasteiger partial charge in [-0.25, -0.2) is 0 Å². The van der Waals surface area contributed by atoms with Gasteiger partial charge in [-0.2, -0.15) is 0 Å². The Hall–Kier alpha value is -2.73. The molecule has 1 unspecified atom stereocenters. The Bertz CT molecular complexity index is 894. The van der Waals surface area contributed by atoms with E-state index >= 15 is 0 Å². The van der Waals surface area contributed by atoms with Crippen molar-refractivity contribution >= 4 is 5.91 Å². The summed E-state index contributed by atoms with van der Waals surface area (Å²) in [5, 5.41) is 13.8. The Morgan fingerprint density at radius 3 is 2.89 bits per heavy atom. The van der Waals surface area contributed by atoms with E-state index in [-0.39, 0.29) is 24.7 Å². The molecule has 0 radical (unpaired) electrons. The highest BCUT2D eigenvalue weighted by atomic mass is 16.5. The highest BCUT2D eigenvalue weighted by Gasteiger charge is 2.36. The highest BCUT2D eigenvalue weighted by Crippen LogP contribution is 2.41. The second-order valence-corrected chi connectivity index (χ2v) is 7.97. The molecule has 0 aromatic heterocycles. The molecule has 0 aliphatic carbocycles. The summed E-state index contributed by atoms with van der Waals surface area (Å²) >= 11 is 0. The van der Waals surface area contributed by atoms with Gasteiger partial charge >= 0.3 is 0 Å². The lowest BCUT2D eigenvalue weighted by Crippen LogP contribution is -2.45. The summed E-state index contributed by atoms with van der Waals surface area (Å²) < 4.78 is 17.2. The number of hydrogen-bond acceptors (Lipinski definition) is 5. The molecule has 148 valence electrons. The van der Waals surface area contributed by atoms with E-state index in [2.05, 4.69) is 5.32 Å². The average molecular weight is 383 g/mol. The second-order valence-electron chi connectivity index (χ2n) is 7.97. The maximum Gasteiger partial charge on any atom is 0.258 e. The van der Waals surface area contributed by atoms with Crippen molar-refractivity contribution in [3.8, 4) is 17.2 Å². The van der Waals surface area contributed by atoms with E-state index in [1.165, 1.54) is 0 Å². The molecule has 2 aromatic carbocycles. The SMILES string of the molecule is CC1(C)Cc2cccc(OCC(=O)NCC3(O)CCOc4ccccc43)c2O1. The van der Waals surface area contributed by atoms with E-state index in [1.807, 2.05) is 50.2 Å². The minimum Gasteiger partial charge on any atom is -0.493 e. The second kappa shape index (κ2) is 7.02. The number of amides is 1. The molecule has 2 heterocycles. The fourth-order valence-corrected chi connectivity index (χ4v) is 3.77. The van der Waals surface area contributed by atoms with Crippen LogP contribution in [0.25, 0.3) is 0 Å². The monoisotopic (exact) mass is 383 g/mol. The van der Waals surface area contributed by atoms with Crippen molar-refractivity contribution in [1.29, 1.82) is 0 Å². The van der Waals surface area contributed by atoms with Crippen molar-refractivity contribution < 1.29 is 24.1 Å². The van der Waals surface area contributed by atoms with Gasteiger partial charge in [0.25, 0.3) is 5.91 Å². The molecule has 6 heteroatoms. The number of nitrogens with one attached hydrogen (secondary N) is 1. The van der Waals surface area contributed by atoms with Crippen molar-refractivity contribution in [2.24, 2.45) is 0 Å². The fraction of sp³-hybridized carbons (Fsp3) is 0.409. The minimum atomic E-state index is -1.15. The lowest BCUT2D eigenvalue weighted by molar-refractivity contribution is -0.124. The molecule has 4 rings (SSSR count). The maximum atomic E-state index is 12.3. The summed E-state index contributed by atoms with van der Waals surface area (Å²) in [6.07, 6.45) is 1.22. The van der Waals surface area contributed by atoms with E-state index in [9.17, 15) is 9.90 Å². The lowest BCUT2D eigenvalue weighted by atomic mass is 9.88. The summed E-state index contributed by atoms with van der Waals surface area (Å²) in [6.45, 7) is 4.41. The van der Waals surface area contributed by atoms with Crippen molar-refractivity contribution in [3.05, 3.63) is 53.6 Å². The number of hydrogen-bond donors (Lipinski definition) is 2. The van der Waals surface area contributed by atoms with Gasteiger partial charge in [0.2, 0.25) is 0 Å². The topological polar surface area (TPSA) is 77.0 Å². The number of para-hydroxylation sites is 2. The molecule has 28 heavy (non-hydrogen) atoms. The van der Waals surface area contributed by atoms with Crippen molar-refractivity contribution in [2.75, 3.05) is 19.8 Å². The minimum absolute atomic E-state index is 0.103. The predicted molar refractivity (Wildman–Crippen MR) is 104 cm³/mol. The molecule has 0 fully saturated rings. The molecule has 2 aliphatic heterocycles. The predicted octanol–water partition coefficient (Wildman–Crippen LogP) is 2.57. The number of benzene rings is 2. The van der Waals surface area contributed by atoms with Gasteiger partial charge in [-0.05, 0) is 26.0 Å². The zero-order valence-electron chi connectivity index (χ0n) is 16.2. The Kier molecular flexibility index (Phi) is 4.67. The van der Waals surface area contributed by atoms with Crippen LogP contribution in [-0.2, 0) is 16.8 Å². The van der Waals surface area contributed by atoms with Crippen molar-refractivity contribution in [1.82, 2.24) is 5.32 Å². The van der Waals surface area contributed by atoms with E-state index in [4.69, 9.17) is 14.2 Å². The fourth-order valence-electron chi connectivity index (χ4n) is 3.77. The summed E-state index contributed by atoms with van der Waals surface area (Å²) in [6, 6.07) is 13.1. The van der Waals surface area contributed by atoms with E-state index in [1.54, 1.807) is 6.07 Å². The molecule has 1 amide bonds. The third kappa shape index (κ3) is 3.64. The highest BCUT2D eigenvalue weighted by molar-refractivity contribution is 5.77.